The first-order chi connectivity index (χ1) is 13.0. The number of carbonyl (C=O) groups excluding carboxylic acids is 1. The molecular formula is C19H12ClFN4O2. The second-order valence-electron chi connectivity index (χ2n) is 5.93. The number of nitrogens with one attached hydrogen (secondary N) is 1. The van der Waals surface area contributed by atoms with Crippen LogP contribution in [0.3, 0.4) is 0 Å². The Morgan fingerprint density at radius 1 is 1.26 bits per heavy atom. The van der Waals surface area contributed by atoms with Crippen LogP contribution in [0.5, 0.6) is 5.88 Å². The van der Waals surface area contributed by atoms with Crippen molar-refractivity contribution in [2.75, 3.05) is 0 Å². The molecule has 4 aromatic rings. The van der Waals surface area contributed by atoms with Gasteiger partial charge in [-0.15, -0.1) is 10.2 Å². The maximum Gasteiger partial charge on any atom is 0.297 e. The minimum atomic E-state index is -0.666. The Hall–Kier alpha value is -3.32. The van der Waals surface area contributed by atoms with E-state index < -0.39 is 11.7 Å². The summed E-state index contributed by atoms with van der Waals surface area (Å²) >= 11 is 5.96. The van der Waals surface area contributed by atoms with Gasteiger partial charge < -0.3 is 10.1 Å². The fourth-order valence-electron chi connectivity index (χ4n) is 2.87. The first-order valence-electron chi connectivity index (χ1n) is 7.97. The van der Waals surface area contributed by atoms with Crippen LogP contribution in [-0.4, -0.2) is 21.0 Å². The summed E-state index contributed by atoms with van der Waals surface area (Å²) in [5.41, 5.74) is 1.83. The third-order valence-corrected chi connectivity index (χ3v) is 4.56. The van der Waals surface area contributed by atoms with Crippen LogP contribution in [0, 0.1) is 12.7 Å². The number of aromatic hydroxyl groups is 1. The van der Waals surface area contributed by atoms with Crippen LogP contribution < -0.4 is 0 Å². The number of para-hydroxylation sites is 1. The maximum atomic E-state index is 13.7. The maximum absolute atomic E-state index is 13.7. The molecule has 2 aromatic carbocycles. The lowest BCUT2D eigenvalue weighted by Gasteiger charge is -2.03. The number of azo groups is 1. The van der Waals surface area contributed by atoms with Gasteiger partial charge in [0.25, 0.3) is 5.91 Å². The number of aromatic nitrogens is 2. The Kier molecular flexibility index (Phi) is 4.08. The fourth-order valence-corrected chi connectivity index (χ4v) is 3.12. The second kappa shape index (κ2) is 6.44. The van der Waals surface area contributed by atoms with E-state index in [1.807, 2.05) is 24.3 Å². The highest BCUT2D eigenvalue weighted by molar-refractivity contribution is 6.36. The molecule has 8 heteroatoms. The lowest BCUT2D eigenvalue weighted by molar-refractivity contribution is 0.0994. The molecule has 4 rings (SSSR count). The van der Waals surface area contributed by atoms with E-state index in [-0.39, 0.29) is 27.5 Å². The van der Waals surface area contributed by atoms with Gasteiger partial charge in [0.1, 0.15) is 5.82 Å². The molecule has 0 fully saturated rings. The Balaban J connectivity index is 1.77. The Morgan fingerprint density at radius 3 is 2.85 bits per heavy atom. The van der Waals surface area contributed by atoms with Crippen molar-refractivity contribution in [1.82, 2.24) is 9.97 Å². The number of benzene rings is 2. The molecule has 6 nitrogen and oxygen atoms in total. The van der Waals surface area contributed by atoms with Crippen molar-refractivity contribution in [1.29, 1.82) is 0 Å². The van der Waals surface area contributed by atoms with Crippen LogP contribution in [0.25, 0.3) is 21.8 Å². The van der Waals surface area contributed by atoms with Crippen LogP contribution in [0.2, 0.25) is 5.02 Å². The molecule has 0 unspecified atom stereocenters. The van der Waals surface area contributed by atoms with Gasteiger partial charge in [0, 0.05) is 5.39 Å². The Bertz CT molecular complexity index is 1250. The normalized spacial score (nSPS) is 11.7. The molecule has 0 aliphatic rings. The number of amides is 1. The van der Waals surface area contributed by atoms with Crippen molar-refractivity contribution in [3.63, 3.8) is 0 Å². The first-order valence-corrected chi connectivity index (χ1v) is 8.34. The minimum Gasteiger partial charge on any atom is -0.493 e. The van der Waals surface area contributed by atoms with Crippen molar-refractivity contribution in [2.45, 2.75) is 6.92 Å². The summed E-state index contributed by atoms with van der Waals surface area (Å²) in [5.74, 6) is -1.66. The van der Waals surface area contributed by atoms with E-state index >= 15 is 0 Å². The van der Waals surface area contributed by atoms with E-state index in [4.69, 9.17) is 11.6 Å². The average molecular weight is 383 g/mol. The molecule has 0 aliphatic carbocycles. The molecular weight excluding hydrogens is 371 g/mol. The van der Waals surface area contributed by atoms with Gasteiger partial charge in [-0.05, 0) is 31.2 Å². The van der Waals surface area contributed by atoms with Crippen molar-refractivity contribution in [3.8, 4) is 5.88 Å². The average Bonchev–Trinajstić information content (AvgIpc) is 2.98. The number of aromatic amines is 1. The molecule has 2 heterocycles. The predicted octanol–water partition coefficient (Wildman–Crippen LogP) is 5.45. The van der Waals surface area contributed by atoms with Gasteiger partial charge in [0.05, 0.1) is 32.7 Å². The number of hydrogen-bond donors (Lipinski definition) is 2. The number of halogens is 2. The van der Waals surface area contributed by atoms with E-state index in [0.29, 0.717) is 11.2 Å². The summed E-state index contributed by atoms with van der Waals surface area (Å²) < 4.78 is 13.7. The highest BCUT2D eigenvalue weighted by atomic mass is 35.5. The number of H-pyrrole nitrogens is 1. The number of pyridine rings is 1. The zero-order chi connectivity index (χ0) is 19.1. The van der Waals surface area contributed by atoms with Crippen LogP contribution in [-0.2, 0) is 0 Å². The number of carbonyl (C=O) groups is 1. The van der Waals surface area contributed by atoms with Gasteiger partial charge in [0.2, 0.25) is 5.88 Å². The molecule has 2 N–H and O–H groups in total. The summed E-state index contributed by atoms with van der Waals surface area (Å²) in [4.78, 5) is 19.5. The topological polar surface area (TPSA) is 90.7 Å². The molecule has 0 atom stereocenters. The summed E-state index contributed by atoms with van der Waals surface area (Å²) in [7, 11) is 0. The molecule has 0 radical (unpaired) electrons. The number of nitrogens with zero attached hydrogens (tertiary/aromatic N) is 3. The van der Waals surface area contributed by atoms with Gasteiger partial charge >= 0.3 is 0 Å². The summed E-state index contributed by atoms with van der Waals surface area (Å²) in [6.07, 6.45) is 0. The third kappa shape index (κ3) is 2.92. The van der Waals surface area contributed by atoms with Crippen LogP contribution in [0.15, 0.2) is 52.7 Å². The lowest BCUT2D eigenvalue weighted by atomic mass is 10.1. The number of rotatable bonds is 2. The number of aryl methyl sites for hydroxylation is 1. The highest BCUT2D eigenvalue weighted by Crippen LogP contribution is 2.40. The predicted molar refractivity (Wildman–Crippen MR) is 100 cm³/mol. The SMILES string of the molecule is Cc1nc2ccccc2cc1C(=O)N=Nc1c(O)[nH]c2ccc(F)c(Cl)c12. The zero-order valence-electron chi connectivity index (χ0n) is 14.0. The van der Waals surface area contributed by atoms with Gasteiger partial charge in [0.15, 0.2) is 5.69 Å². The number of hydrogen-bond acceptors (Lipinski definition) is 4. The van der Waals surface area contributed by atoms with Gasteiger partial charge in [-0.3, -0.25) is 9.78 Å². The molecule has 27 heavy (non-hydrogen) atoms. The van der Waals surface area contributed by atoms with E-state index in [1.165, 1.54) is 6.07 Å². The zero-order valence-corrected chi connectivity index (χ0v) is 14.8. The lowest BCUT2D eigenvalue weighted by Crippen LogP contribution is -2.00. The van der Waals surface area contributed by atoms with Gasteiger partial charge in [-0.2, -0.15) is 0 Å². The van der Waals surface area contributed by atoms with Crippen LogP contribution in [0.1, 0.15) is 16.1 Å². The Morgan fingerprint density at radius 2 is 2.04 bits per heavy atom. The van der Waals surface area contributed by atoms with Crippen molar-refractivity contribution >= 4 is 45.0 Å². The molecule has 0 spiro atoms. The molecule has 2 aromatic heterocycles. The first kappa shape index (κ1) is 17.1. The summed E-state index contributed by atoms with van der Waals surface area (Å²) in [5, 5.41) is 18.2. The summed E-state index contributed by atoms with van der Waals surface area (Å²) in [6.45, 7) is 1.70. The largest absolute Gasteiger partial charge is 0.493 e. The van der Waals surface area contributed by atoms with Crippen molar-refractivity contribution < 1.29 is 14.3 Å². The monoisotopic (exact) mass is 382 g/mol. The highest BCUT2D eigenvalue weighted by Gasteiger charge is 2.17. The van der Waals surface area contributed by atoms with E-state index in [9.17, 15) is 14.3 Å². The molecule has 0 aliphatic heterocycles. The van der Waals surface area contributed by atoms with Gasteiger partial charge in [-0.1, -0.05) is 29.8 Å². The third-order valence-electron chi connectivity index (χ3n) is 4.19. The summed E-state index contributed by atoms with van der Waals surface area (Å²) in [6, 6.07) is 11.6. The van der Waals surface area contributed by atoms with Crippen LogP contribution in [0.4, 0.5) is 10.1 Å². The van der Waals surface area contributed by atoms with E-state index in [0.717, 1.165) is 17.0 Å². The smallest absolute Gasteiger partial charge is 0.297 e. The molecule has 0 saturated carbocycles. The molecule has 0 saturated heterocycles. The van der Waals surface area contributed by atoms with E-state index in [2.05, 4.69) is 20.2 Å². The standard InChI is InChI=1S/C19H12ClFN4O2/c1-9-11(8-10-4-2-3-5-13(10)22-9)18(26)25-24-17-15-14(23-19(17)27)7-6-12(21)16(15)20/h2-8,23,27H,1H3. The Labute approximate surface area is 157 Å². The molecule has 1 amide bonds. The quantitative estimate of drug-likeness (QED) is 0.452. The van der Waals surface area contributed by atoms with Crippen LogP contribution >= 0.6 is 11.6 Å². The van der Waals surface area contributed by atoms with E-state index in [1.54, 1.807) is 13.0 Å². The second-order valence-corrected chi connectivity index (χ2v) is 6.30. The fraction of sp³-hybridized carbons (Fsp3) is 0.0526. The van der Waals surface area contributed by atoms with Crippen molar-refractivity contribution in [3.05, 3.63) is 64.6 Å². The minimum absolute atomic E-state index is 0.103. The molecule has 134 valence electrons. The number of fused-ring (bicyclic) bond motifs is 2. The van der Waals surface area contributed by atoms with Crippen molar-refractivity contribution in [2.24, 2.45) is 10.2 Å². The van der Waals surface area contributed by atoms with Gasteiger partial charge in [-0.25, -0.2) is 4.39 Å². The molecule has 0 bridgehead atoms.